The molecule has 1 aromatic heterocycles. The molecule has 3 rings (SSSR count). The zero-order valence-electron chi connectivity index (χ0n) is 11.3. The standard InChI is InChI=1S/C14H15N5O2/c15-14(18-20)10-8-17-13(9-16-10)19-6-3-7-21-12-5-2-1-4-11(12)19/h1-2,4-5,8-9,20H,3,6-7H2,(H2,15,18). The Morgan fingerprint density at radius 1 is 1.29 bits per heavy atom. The van der Waals surface area contributed by atoms with Crippen molar-refractivity contribution in [3.8, 4) is 5.75 Å². The number of ether oxygens (including phenoxy) is 1. The molecule has 0 atom stereocenters. The molecule has 0 aliphatic carbocycles. The third kappa shape index (κ3) is 2.58. The number of hydrogen-bond acceptors (Lipinski definition) is 6. The number of anilines is 2. The first-order chi connectivity index (χ1) is 10.3. The number of fused-ring (bicyclic) bond motifs is 1. The summed E-state index contributed by atoms with van der Waals surface area (Å²) in [7, 11) is 0. The van der Waals surface area contributed by atoms with Gasteiger partial charge in [-0.2, -0.15) is 0 Å². The van der Waals surface area contributed by atoms with E-state index in [0.717, 1.165) is 24.4 Å². The predicted molar refractivity (Wildman–Crippen MR) is 78.1 cm³/mol. The first-order valence-corrected chi connectivity index (χ1v) is 6.59. The number of aromatic nitrogens is 2. The molecule has 0 radical (unpaired) electrons. The van der Waals surface area contributed by atoms with Gasteiger partial charge in [-0.1, -0.05) is 17.3 Å². The van der Waals surface area contributed by atoms with Gasteiger partial charge in [0.05, 0.1) is 24.7 Å². The SMILES string of the molecule is N/C(=N/O)c1cnc(N2CCCOc3ccccc32)cn1. The molecule has 7 nitrogen and oxygen atoms in total. The molecule has 0 spiro atoms. The van der Waals surface area contributed by atoms with Crippen molar-refractivity contribution < 1.29 is 9.94 Å². The Balaban J connectivity index is 1.96. The van der Waals surface area contributed by atoms with Crippen LogP contribution >= 0.6 is 0 Å². The van der Waals surface area contributed by atoms with Crippen molar-refractivity contribution in [2.75, 3.05) is 18.1 Å². The van der Waals surface area contributed by atoms with E-state index in [1.54, 1.807) is 6.20 Å². The number of amidine groups is 1. The van der Waals surface area contributed by atoms with E-state index >= 15 is 0 Å². The Kier molecular flexibility index (Phi) is 3.55. The zero-order chi connectivity index (χ0) is 14.7. The van der Waals surface area contributed by atoms with Crippen LogP contribution in [0.2, 0.25) is 0 Å². The summed E-state index contributed by atoms with van der Waals surface area (Å²) in [5.41, 5.74) is 6.78. The van der Waals surface area contributed by atoms with Crippen molar-refractivity contribution in [3.05, 3.63) is 42.4 Å². The maximum Gasteiger partial charge on any atom is 0.190 e. The van der Waals surface area contributed by atoms with Gasteiger partial charge in [0.1, 0.15) is 11.4 Å². The van der Waals surface area contributed by atoms with Crippen molar-refractivity contribution in [2.24, 2.45) is 10.9 Å². The molecule has 0 saturated carbocycles. The molecule has 1 aromatic carbocycles. The van der Waals surface area contributed by atoms with Crippen LogP contribution in [0, 0.1) is 0 Å². The fourth-order valence-corrected chi connectivity index (χ4v) is 2.21. The molecule has 21 heavy (non-hydrogen) atoms. The fraction of sp³-hybridized carbons (Fsp3) is 0.214. The van der Waals surface area contributed by atoms with Gasteiger partial charge in [-0.05, 0) is 18.6 Å². The van der Waals surface area contributed by atoms with Crippen LogP contribution in [0.3, 0.4) is 0 Å². The highest BCUT2D eigenvalue weighted by molar-refractivity contribution is 5.94. The molecule has 0 bridgehead atoms. The van der Waals surface area contributed by atoms with Crippen LogP contribution in [0.4, 0.5) is 11.5 Å². The summed E-state index contributed by atoms with van der Waals surface area (Å²) in [5, 5.41) is 11.6. The molecular weight excluding hydrogens is 270 g/mol. The minimum Gasteiger partial charge on any atom is -0.491 e. The number of para-hydroxylation sites is 2. The Morgan fingerprint density at radius 2 is 2.14 bits per heavy atom. The number of nitrogens with two attached hydrogens (primary N) is 1. The van der Waals surface area contributed by atoms with Gasteiger partial charge in [0.15, 0.2) is 11.7 Å². The van der Waals surface area contributed by atoms with E-state index in [2.05, 4.69) is 15.1 Å². The van der Waals surface area contributed by atoms with Crippen LogP contribution in [0.1, 0.15) is 12.1 Å². The first kappa shape index (κ1) is 13.2. The summed E-state index contributed by atoms with van der Waals surface area (Å²) in [4.78, 5) is 10.6. The van der Waals surface area contributed by atoms with E-state index in [1.165, 1.54) is 6.20 Å². The first-order valence-electron chi connectivity index (χ1n) is 6.59. The van der Waals surface area contributed by atoms with E-state index in [4.69, 9.17) is 15.7 Å². The van der Waals surface area contributed by atoms with Crippen LogP contribution in [0.5, 0.6) is 5.75 Å². The van der Waals surface area contributed by atoms with Crippen LogP contribution in [-0.4, -0.2) is 34.2 Å². The maximum atomic E-state index is 8.64. The van der Waals surface area contributed by atoms with E-state index in [9.17, 15) is 0 Å². The molecule has 3 N–H and O–H groups in total. The zero-order valence-corrected chi connectivity index (χ0v) is 11.3. The molecule has 108 valence electrons. The minimum absolute atomic E-state index is 0.0614. The summed E-state index contributed by atoms with van der Waals surface area (Å²) < 4.78 is 5.72. The average Bonchev–Trinajstić information content (AvgIpc) is 2.77. The van der Waals surface area contributed by atoms with Crippen molar-refractivity contribution in [2.45, 2.75) is 6.42 Å². The van der Waals surface area contributed by atoms with Crippen LogP contribution < -0.4 is 15.4 Å². The van der Waals surface area contributed by atoms with Crippen molar-refractivity contribution in [3.63, 3.8) is 0 Å². The van der Waals surface area contributed by atoms with Crippen LogP contribution in [-0.2, 0) is 0 Å². The Labute approximate surface area is 121 Å². The molecule has 0 fully saturated rings. The lowest BCUT2D eigenvalue weighted by Crippen LogP contribution is -2.21. The second-order valence-electron chi connectivity index (χ2n) is 4.57. The number of oxime groups is 1. The Morgan fingerprint density at radius 3 is 2.90 bits per heavy atom. The smallest absolute Gasteiger partial charge is 0.190 e. The van der Waals surface area contributed by atoms with Gasteiger partial charge in [0, 0.05) is 6.54 Å². The molecule has 1 aliphatic heterocycles. The van der Waals surface area contributed by atoms with Gasteiger partial charge in [-0.15, -0.1) is 0 Å². The van der Waals surface area contributed by atoms with Crippen LogP contribution in [0.25, 0.3) is 0 Å². The number of rotatable bonds is 2. The van der Waals surface area contributed by atoms with E-state index < -0.39 is 0 Å². The van der Waals surface area contributed by atoms with Crippen molar-refractivity contribution >= 4 is 17.3 Å². The summed E-state index contributed by atoms with van der Waals surface area (Å²) in [6, 6.07) is 7.82. The van der Waals surface area contributed by atoms with E-state index in [0.29, 0.717) is 18.1 Å². The molecule has 0 amide bonds. The number of nitrogens with zero attached hydrogens (tertiary/aromatic N) is 4. The van der Waals surface area contributed by atoms with Gasteiger partial charge in [0.25, 0.3) is 0 Å². The third-order valence-corrected chi connectivity index (χ3v) is 3.22. The largest absolute Gasteiger partial charge is 0.491 e. The van der Waals surface area contributed by atoms with Gasteiger partial charge in [-0.25, -0.2) is 9.97 Å². The van der Waals surface area contributed by atoms with E-state index in [-0.39, 0.29) is 5.84 Å². The minimum atomic E-state index is -0.0614. The van der Waals surface area contributed by atoms with Gasteiger partial charge < -0.3 is 20.6 Å². The highest BCUT2D eigenvalue weighted by Crippen LogP contribution is 2.34. The summed E-state index contributed by atoms with van der Waals surface area (Å²) in [6.45, 7) is 1.46. The maximum absolute atomic E-state index is 8.64. The van der Waals surface area contributed by atoms with Gasteiger partial charge >= 0.3 is 0 Å². The van der Waals surface area contributed by atoms with Crippen molar-refractivity contribution in [1.29, 1.82) is 0 Å². The predicted octanol–water partition coefficient (Wildman–Crippen LogP) is 1.49. The highest BCUT2D eigenvalue weighted by atomic mass is 16.5. The third-order valence-electron chi connectivity index (χ3n) is 3.22. The normalized spacial score (nSPS) is 15.0. The second-order valence-corrected chi connectivity index (χ2v) is 4.57. The second kappa shape index (κ2) is 5.66. The molecule has 2 heterocycles. The molecule has 0 unspecified atom stereocenters. The fourth-order valence-electron chi connectivity index (χ4n) is 2.21. The molecule has 1 aliphatic rings. The molecule has 0 saturated heterocycles. The quantitative estimate of drug-likeness (QED) is 0.375. The lowest BCUT2D eigenvalue weighted by Gasteiger charge is -2.22. The average molecular weight is 285 g/mol. The highest BCUT2D eigenvalue weighted by Gasteiger charge is 2.18. The monoisotopic (exact) mass is 285 g/mol. The van der Waals surface area contributed by atoms with Crippen molar-refractivity contribution in [1.82, 2.24) is 9.97 Å². The number of benzene rings is 1. The summed E-state index contributed by atoms with van der Waals surface area (Å²) >= 11 is 0. The van der Waals surface area contributed by atoms with Crippen LogP contribution in [0.15, 0.2) is 41.8 Å². The van der Waals surface area contributed by atoms with E-state index in [1.807, 2.05) is 29.2 Å². The molecule has 2 aromatic rings. The Hall–Kier alpha value is -2.83. The van der Waals surface area contributed by atoms with Gasteiger partial charge in [0.2, 0.25) is 0 Å². The summed E-state index contributed by atoms with van der Waals surface area (Å²) in [6.07, 6.45) is 3.98. The topological polar surface area (TPSA) is 96.9 Å². The lowest BCUT2D eigenvalue weighted by molar-refractivity contribution is 0.318. The Bertz CT molecular complexity index is 657. The molecular formula is C14H15N5O2. The van der Waals surface area contributed by atoms with Gasteiger partial charge in [-0.3, -0.25) is 0 Å². The summed E-state index contributed by atoms with van der Waals surface area (Å²) in [5.74, 6) is 1.47. The molecule has 7 heteroatoms. The lowest BCUT2D eigenvalue weighted by atomic mass is 10.2. The number of hydrogen-bond donors (Lipinski definition) is 2.